The summed E-state index contributed by atoms with van der Waals surface area (Å²) in [4.78, 5) is 5.37. The van der Waals surface area contributed by atoms with E-state index >= 15 is 0 Å². The SMILES string of the molecule is Clc1cccc(Sc2ccccc2)n1. The molecule has 0 bridgehead atoms. The zero-order valence-electron chi connectivity index (χ0n) is 7.35. The first-order chi connectivity index (χ1) is 6.84. The fraction of sp³-hybridized carbons (Fsp3) is 0. The number of pyridine rings is 1. The van der Waals surface area contributed by atoms with Gasteiger partial charge in [-0.3, -0.25) is 0 Å². The summed E-state index contributed by atoms with van der Waals surface area (Å²) in [6.07, 6.45) is 0. The zero-order chi connectivity index (χ0) is 9.80. The third-order valence-corrected chi connectivity index (χ3v) is 2.81. The van der Waals surface area contributed by atoms with E-state index in [-0.39, 0.29) is 0 Å². The monoisotopic (exact) mass is 221 g/mol. The topological polar surface area (TPSA) is 12.9 Å². The van der Waals surface area contributed by atoms with Gasteiger partial charge in [0.25, 0.3) is 0 Å². The molecule has 1 aromatic heterocycles. The maximum Gasteiger partial charge on any atom is 0.130 e. The molecule has 0 aliphatic rings. The molecule has 0 fully saturated rings. The molecule has 2 rings (SSSR count). The Morgan fingerprint density at radius 3 is 2.43 bits per heavy atom. The van der Waals surface area contributed by atoms with E-state index in [4.69, 9.17) is 11.6 Å². The molecule has 1 aromatic carbocycles. The van der Waals surface area contributed by atoms with Crippen molar-refractivity contribution in [1.82, 2.24) is 4.98 Å². The maximum absolute atomic E-state index is 5.79. The Balaban J connectivity index is 2.19. The van der Waals surface area contributed by atoms with Crippen LogP contribution in [0.3, 0.4) is 0 Å². The largest absolute Gasteiger partial charge is 0.229 e. The average Bonchev–Trinajstić information content (AvgIpc) is 2.19. The van der Waals surface area contributed by atoms with Gasteiger partial charge in [-0.1, -0.05) is 47.6 Å². The Hall–Kier alpha value is -0.990. The van der Waals surface area contributed by atoms with E-state index in [1.165, 1.54) is 4.90 Å². The molecular weight excluding hydrogens is 214 g/mol. The first kappa shape index (κ1) is 9.56. The normalized spacial score (nSPS) is 10.1. The highest BCUT2D eigenvalue weighted by Gasteiger charge is 1.97. The minimum Gasteiger partial charge on any atom is -0.229 e. The first-order valence-electron chi connectivity index (χ1n) is 4.20. The lowest BCUT2D eigenvalue weighted by atomic mass is 10.4. The number of aromatic nitrogens is 1. The molecule has 3 heteroatoms. The zero-order valence-corrected chi connectivity index (χ0v) is 8.92. The van der Waals surface area contributed by atoms with Crippen LogP contribution in [0.1, 0.15) is 0 Å². The summed E-state index contributed by atoms with van der Waals surface area (Å²) < 4.78 is 0. The molecule has 0 saturated heterocycles. The van der Waals surface area contributed by atoms with E-state index in [9.17, 15) is 0 Å². The van der Waals surface area contributed by atoms with Gasteiger partial charge >= 0.3 is 0 Å². The van der Waals surface area contributed by atoms with E-state index in [1.807, 2.05) is 42.5 Å². The van der Waals surface area contributed by atoms with Crippen molar-refractivity contribution in [3.05, 3.63) is 53.7 Å². The second kappa shape index (κ2) is 4.49. The van der Waals surface area contributed by atoms with Gasteiger partial charge in [0.05, 0.1) is 0 Å². The Morgan fingerprint density at radius 1 is 0.929 bits per heavy atom. The van der Waals surface area contributed by atoms with Gasteiger partial charge in [0.2, 0.25) is 0 Å². The average molecular weight is 222 g/mol. The summed E-state index contributed by atoms with van der Waals surface area (Å²) >= 11 is 7.39. The molecule has 14 heavy (non-hydrogen) atoms. The maximum atomic E-state index is 5.79. The van der Waals surface area contributed by atoms with Crippen molar-refractivity contribution in [1.29, 1.82) is 0 Å². The molecule has 0 spiro atoms. The number of hydrogen-bond donors (Lipinski definition) is 0. The molecule has 70 valence electrons. The smallest absolute Gasteiger partial charge is 0.130 e. The Morgan fingerprint density at radius 2 is 1.71 bits per heavy atom. The van der Waals surface area contributed by atoms with Gasteiger partial charge in [-0.25, -0.2) is 4.98 Å². The molecular formula is C11H8ClNS. The minimum absolute atomic E-state index is 0.533. The van der Waals surface area contributed by atoms with Crippen molar-refractivity contribution in [2.45, 2.75) is 9.92 Å². The molecule has 0 aliphatic heterocycles. The summed E-state index contributed by atoms with van der Waals surface area (Å²) in [7, 11) is 0. The van der Waals surface area contributed by atoms with Gasteiger partial charge in [0.15, 0.2) is 0 Å². The number of benzene rings is 1. The van der Waals surface area contributed by atoms with Crippen LogP contribution in [0.15, 0.2) is 58.5 Å². The summed E-state index contributed by atoms with van der Waals surface area (Å²) in [6.45, 7) is 0. The van der Waals surface area contributed by atoms with Crippen molar-refractivity contribution in [2.75, 3.05) is 0 Å². The molecule has 0 N–H and O–H groups in total. The van der Waals surface area contributed by atoms with Gasteiger partial charge in [-0.15, -0.1) is 0 Å². The lowest BCUT2D eigenvalue weighted by Gasteiger charge is -1.99. The number of nitrogens with zero attached hydrogens (tertiary/aromatic N) is 1. The van der Waals surface area contributed by atoms with E-state index in [0.717, 1.165) is 5.03 Å². The van der Waals surface area contributed by atoms with Gasteiger partial charge in [0, 0.05) is 4.90 Å². The second-order valence-electron chi connectivity index (χ2n) is 2.71. The Bertz CT molecular complexity index is 417. The van der Waals surface area contributed by atoms with Gasteiger partial charge < -0.3 is 0 Å². The standard InChI is InChI=1S/C11H8ClNS/c12-10-7-4-8-11(13-10)14-9-5-2-1-3-6-9/h1-8H. The molecule has 0 saturated carbocycles. The number of rotatable bonds is 2. The molecule has 0 atom stereocenters. The lowest BCUT2D eigenvalue weighted by Crippen LogP contribution is -1.79. The van der Waals surface area contributed by atoms with Gasteiger partial charge in [-0.05, 0) is 24.3 Å². The summed E-state index contributed by atoms with van der Waals surface area (Å²) in [5.41, 5.74) is 0. The Kier molecular flexibility index (Phi) is 3.07. The van der Waals surface area contributed by atoms with Crippen LogP contribution in [0.25, 0.3) is 0 Å². The minimum atomic E-state index is 0.533. The van der Waals surface area contributed by atoms with Crippen LogP contribution in [-0.2, 0) is 0 Å². The summed E-state index contributed by atoms with van der Waals surface area (Å²) in [5.74, 6) is 0. The van der Waals surface area contributed by atoms with Crippen molar-refractivity contribution in [2.24, 2.45) is 0 Å². The first-order valence-corrected chi connectivity index (χ1v) is 5.39. The third kappa shape index (κ3) is 2.50. The summed E-state index contributed by atoms with van der Waals surface area (Å²) in [6, 6.07) is 15.7. The molecule has 2 aromatic rings. The predicted octanol–water partition coefficient (Wildman–Crippen LogP) is 3.89. The highest BCUT2D eigenvalue weighted by atomic mass is 35.5. The molecule has 0 amide bonds. The fourth-order valence-electron chi connectivity index (χ4n) is 1.06. The van der Waals surface area contributed by atoms with Crippen molar-refractivity contribution in [3.8, 4) is 0 Å². The molecule has 0 aliphatic carbocycles. The van der Waals surface area contributed by atoms with Crippen LogP contribution in [0.4, 0.5) is 0 Å². The van der Waals surface area contributed by atoms with E-state index in [1.54, 1.807) is 17.8 Å². The lowest BCUT2D eigenvalue weighted by molar-refractivity contribution is 1.13. The van der Waals surface area contributed by atoms with Crippen molar-refractivity contribution in [3.63, 3.8) is 0 Å². The molecule has 0 unspecified atom stereocenters. The molecule has 1 nitrogen and oxygen atoms in total. The predicted molar refractivity (Wildman–Crippen MR) is 59.8 cm³/mol. The van der Waals surface area contributed by atoms with Crippen molar-refractivity contribution < 1.29 is 0 Å². The van der Waals surface area contributed by atoms with Crippen LogP contribution in [0.5, 0.6) is 0 Å². The van der Waals surface area contributed by atoms with Crippen LogP contribution in [-0.4, -0.2) is 4.98 Å². The van der Waals surface area contributed by atoms with E-state index in [0.29, 0.717) is 5.15 Å². The number of hydrogen-bond acceptors (Lipinski definition) is 2. The van der Waals surface area contributed by atoms with E-state index < -0.39 is 0 Å². The number of halogens is 1. The Labute approximate surface area is 92.1 Å². The third-order valence-electron chi connectivity index (χ3n) is 1.66. The van der Waals surface area contributed by atoms with E-state index in [2.05, 4.69) is 4.98 Å². The second-order valence-corrected chi connectivity index (χ2v) is 4.19. The van der Waals surface area contributed by atoms with Gasteiger partial charge in [0.1, 0.15) is 10.2 Å². The molecule has 0 radical (unpaired) electrons. The van der Waals surface area contributed by atoms with Crippen LogP contribution < -0.4 is 0 Å². The fourth-order valence-corrected chi connectivity index (χ4v) is 2.09. The quantitative estimate of drug-likeness (QED) is 0.714. The highest BCUT2D eigenvalue weighted by molar-refractivity contribution is 7.99. The van der Waals surface area contributed by atoms with Crippen LogP contribution in [0.2, 0.25) is 5.15 Å². The molecule has 1 heterocycles. The van der Waals surface area contributed by atoms with Crippen molar-refractivity contribution >= 4 is 23.4 Å². The van der Waals surface area contributed by atoms with Gasteiger partial charge in [-0.2, -0.15) is 0 Å². The van der Waals surface area contributed by atoms with Crippen LogP contribution >= 0.6 is 23.4 Å². The summed E-state index contributed by atoms with van der Waals surface area (Å²) in [5, 5.41) is 1.45. The van der Waals surface area contributed by atoms with Crippen LogP contribution in [0, 0.1) is 0 Å². The highest BCUT2D eigenvalue weighted by Crippen LogP contribution is 2.26.